The van der Waals surface area contributed by atoms with Gasteiger partial charge in [0.2, 0.25) is 5.91 Å². The first-order valence-corrected chi connectivity index (χ1v) is 13.3. The molecule has 2 atom stereocenters. The minimum absolute atomic E-state index is 0.00823. The second kappa shape index (κ2) is 9.37. The Morgan fingerprint density at radius 1 is 1.16 bits per heavy atom. The second-order valence-electron chi connectivity index (χ2n) is 11.4. The zero-order valence-corrected chi connectivity index (χ0v) is 20.1. The van der Waals surface area contributed by atoms with Gasteiger partial charge in [-0.25, -0.2) is 0 Å². The van der Waals surface area contributed by atoms with Crippen molar-refractivity contribution in [2.45, 2.75) is 96.1 Å². The van der Waals surface area contributed by atoms with Crippen LogP contribution in [0.3, 0.4) is 0 Å². The van der Waals surface area contributed by atoms with E-state index >= 15 is 0 Å². The van der Waals surface area contributed by atoms with E-state index in [1.54, 1.807) is 7.11 Å². The average molecular weight is 439 g/mol. The molecule has 32 heavy (non-hydrogen) atoms. The van der Waals surface area contributed by atoms with E-state index in [-0.39, 0.29) is 5.41 Å². The van der Waals surface area contributed by atoms with Crippen LogP contribution in [0.4, 0.5) is 0 Å². The zero-order valence-electron chi connectivity index (χ0n) is 20.1. The Kier molecular flexibility index (Phi) is 6.51. The molecular formula is C28H42N2O2. The standard InChI is InChI=1S/C28H42N2O2/c1-3-23(30-24-10-9-22-6-4-8-26(32-2)25(22)15-24)7-5-11-29-27(31)28-16-19-12-20(17-28)14-21(13-19)18-28/h4,6,8,19-21,23-24,30H,3,5,7,9-18H2,1-2H3,(H,29,31). The molecule has 0 spiro atoms. The van der Waals surface area contributed by atoms with Gasteiger partial charge in [0.25, 0.3) is 0 Å². The average Bonchev–Trinajstić information content (AvgIpc) is 2.79. The lowest BCUT2D eigenvalue weighted by Gasteiger charge is -2.55. The van der Waals surface area contributed by atoms with E-state index < -0.39 is 0 Å². The van der Waals surface area contributed by atoms with Crippen molar-refractivity contribution in [1.82, 2.24) is 10.6 Å². The van der Waals surface area contributed by atoms with Gasteiger partial charge in [-0.3, -0.25) is 4.79 Å². The molecule has 2 N–H and O–H groups in total. The van der Waals surface area contributed by atoms with Crippen LogP contribution < -0.4 is 15.4 Å². The van der Waals surface area contributed by atoms with E-state index in [4.69, 9.17) is 4.74 Å². The summed E-state index contributed by atoms with van der Waals surface area (Å²) in [5.41, 5.74) is 2.82. The molecule has 4 saturated carbocycles. The molecule has 1 amide bonds. The van der Waals surface area contributed by atoms with Gasteiger partial charge in [-0.1, -0.05) is 19.1 Å². The fraction of sp³-hybridized carbons (Fsp3) is 0.750. The van der Waals surface area contributed by atoms with E-state index in [0.29, 0.717) is 18.0 Å². The number of aryl methyl sites for hydroxylation is 1. The summed E-state index contributed by atoms with van der Waals surface area (Å²) >= 11 is 0. The van der Waals surface area contributed by atoms with Crippen LogP contribution in [0.1, 0.15) is 82.3 Å². The van der Waals surface area contributed by atoms with Crippen molar-refractivity contribution >= 4 is 5.91 Å². The normalized spacial score (nSPS) is 33.6. The van der Waals surface area contributed by atoms with Crippen molar-refractivity contribution in [3.8, 4) is 5.75 Å². The van der Waals surface area contributed by atoms with Gasteiger partial charge in [-0.2, -0.15) is 0 Å². The SMILES string of the molecule is CCC(CCCNC(=O)C12CC3CC(CC(C3)C1)C2)NC1CCc2cccc(OC)c2C1. The first-order chi connectivity index (χ1) is 15.6. The monoisotopic (exact) mass is 438 g/mol. The smallest absolute Gasteiger partial charge is 0.226 e. The number of fused-ring (bicyclic) bond motifs is 1. The van der Waals surface area contributed by atoms with E-state index in [9.17, 15) is 4.79 Å². The Morgan fingerprint density at radius 2 is 1.88 bits per heavy atom. The number of hydrogen-bond acceptors (Lipinski definition) is 3. The fourth-order valence-electron chi connectivity index (χ4n) is 7.95. The Balaban J connectivity index is 1.08. The fourth-order valence-corrected chi connectivity index (χ4v) is 7.95. The molecule has 0 heterocycles. The lowest BCUT2D eigenvalue weighted by molar-refractivity contribution is -0.146. The van der Waals surface area contributed by atoms with Gasteiger partial charge in [-0.15, -0.1) is 0 Å². The summed E-state index contributed by atoms with van der Waals surface area (Å²) in [4.78, 5) is 13.2. The van der Waals surface area contributed by atoms with Gasteiger partial charge < -0.3 is 15.4 Å². The third-order valence-electron chi connectivity index (χ3n) is 9.16. The Labute approximate surface area is 194 Å². The number of nitrogens with one attached hydrogen (secondary N) is 2. The summed E-state index contributed by atoms with van der Waals surface area (Å²) in [6.45, 7) is 3.11. The largest absolute Gasteiger partial charge is 0.496 e. The molecule has 2 unspecified atom stereocenters. The Bertz CT molecular complexity index is 770. The van der Waals surface area contributed by atoms with Crippen molar-refractivity contribution in [3.05, 3.63) is 29.3 Å². The first kappa shape index (κ1) is 22.3. The Morgan fingerprint density at radius 3 is 2.53 bits per heavy atom. The van der Waals surface area contributed by atoms with Crippen molar-refractivity contribution in [2.24, 2.45) is 23.2 Å². The zero-order chi connectivity index (χ0) is 22.1. The number of amides is 1. The molecule has 4 bridgehead atoms. The van der Waals surface area contributed by atoms with Crippen molar-refractivity contribution in [1.29, 1.82) is 0 Å². The quantitative estimate of drug-likeness (QED) is 0.532. The lowest BCUT2D eigenvalue weighted by Crippen LogP contribution is -2.53. The molecule has 1 aromatic rings. The van der Waals surface area contributed by atoms with Crippen LogP contribution >= 0.6 is 0 Å². The lowest BCUT2D eigenvalue weighted by atomic mass is 9.49. The summed E-state index contributed by atoms with van der Waals surface area (Å²) in [5.74, 6) is 3.92. The van der Waals surface area contributed by atoms with Crippen molar-refractivity contribution in [2.75, 3.05) is 13.7 Å². The number of benzene rings is 1. The molecule has 176 valence electrons. The number of methoxy groups -OCH3 is 1. The predicted molar refractivity (Wildman–Crippen MR) is 129 cm³/mol. The van der Waals surface area contributed by atoms with Gasteiger partial charge >= 0.3 is 0 Å². The van der Waals surface area contributed by atoms with Crippen LogP contribution in [-0.4, -0.2) is 31.6 Å². The third kappa shape index (κ3) is 4.44. The maximum Gasteiger partial charge on any atom is 0.226 e. The molecule has 0 radical (unpaired) electrons. The summed E-state index contributed by atoms with van der Waals surface area (Å²) in [6.07, 6.45) is 14.4. The number of ether oxygens (including phenoxy) is 1. The maximum absolute atomic E-state index is 13.2. The topological polar surface area (TPSA) is 50.4 Å². The van der Waals surface area contributed by atoms with Crippen LogP contribution in [0, 0.1) is 23.2 Å². The molecule has 0 aromatic heterocycles. The van der Waals surface area contributed by atoms with Crippen LogP contribution in [-0.2, 0) is 17.6 Å². The van der Waals surface area contributed by atoms with E-state index in [2.05, 4.69) is 35.8 Å². The van der Waals surface area contributed by atoms with Crippen LogP contribution in [0.5, 0.6) is 5.75 Å². The summed E-state index contributed by atoms with van der Waals surface area (Å²) in [7, 11) is 1.78. The molecule has 4 fully saturated rings. The van der Waals surface area contributed by atoms with Crippen molar-refractivity contribution < 1.29 is 9.53 Å². The molecule has 0 saturated heterocycles. The van der Waals surface area contributed by atoms with Gasteiger partial charge in [0.1, 0.15) is 5.75 Å². The first-order valence-electron chi connectivity index (χ1n) is 13.3. The molecule has 4 heteroatoms. The highest BCUT2D eigenvalue weighted by Crippen LogP contribution is 2.60. The van der Waals surface area contributed by atoms with E-state index in [1.165, 1.54) is 36.8 Å². The summed E-state index contributed by atoms with van der Waals surface area (Å²) < 4.78 is 5.61. The van der Waals surface area contributed by atoms with Crippen LogP contribution in [0.15, 0.2) is 18.2 Å². The minimum atomic E-state index is -0.00823. The minimum Gasteiger partial charge on any atom is -0.496 e. The van der Waals surface area contributed by atoms with Gasteiger partial charge in [0.05, 0.1) is 7.11 Å². The highest BCUT2D eigenvalue weighted by molar-refractivity contribution is 5.83. The Hall–Kier alpha value is -1.55. The predicted octanol–water partition coefficient (Wildman–Crippen LogP) is 5.03. The second-order valence-corrected chi connectivity index (χ2v) is 11.4. The number of rotatable bonds is 9. The number of carbonyl (C=O) groups excluding carboxylic acids is 1. The molecule has 5 aliphatic carbocycles. The van der Waals surface area contributed by atoms with Crippen LogP contribution in [0.2, 0.25) is 0 Å². The molecule has 4 nitrogen and oxygen atoms in total. The highest BCUT2D eigenvalue weighted by Gasteiger charge is 2.54. The molecule has 0 aliphatic heterocycles. The van der Waals surface area contributed by atoms with Gasteiger partial charge in [-0.05, 0) is 112 Å². The van der Waals surface area contributed by atoms with Crippen LogP contribution in [0.25, 0.3) is 0 Å². The summed E-state index contributed by atoms with van der Waals surface area (Å²) in [5, 5.41) is 7.29. The van der Waals surface area contributed by atoms with E-state index in [0.717, 1.165) is 81.4 Å². The third-order valence-corrected chi connectivity index (χ3v) is 9.16. The number of carbonyl (C=O) groups is 1. The van der Waals surface area contributed by atoms with Gasteiger partial charge in [0.15, 0.2) is 0 Å². The van der Waals surface area contributed by atoms with Crippen molar-refractivity contribution in [3.63, 3.8) is 0 Å². The van der Waals surface area contributed by atoms with Gasteiger partial charge in [0, 0.05) is 24.0 Å². The summed E-state index contributed by atoms with van der Waals surface area (Å²) in [6, 6.07) is 7.49. The molecule has 5 aliphatic rings. The maximum atomic E-state index is 13.2. The number of hydrogen-bond donors (Lipinski definition) is 2. The molecule has 1 aromatic carbocycles. The molecule has 6 rings (SSSR count). The van der Waals surface area contributed by atoms with E-state index in [1.807, 2.05) is 0 Å². The molecular weight excluding hydrogens is 396 g/mol. The highest BCUT2D eigenvalue weighted by atomic mass is 16.5.